The van der Waals surface area contributed by atoms with E-state index in [1.807, 2.05) is 6.92 Å². The molecule has 1 aromatic carbocycles. The van der Waals surface area contributed by atoms with Gasteiger partial charge in [0.25, 0.3) is 0 Å². The number of nitrogens with two attached hydrogens (primary N) is 1. The molecular weight excluding hydrogens is 222 g/mol. The van der Waals surface area contributed by atoms with Gasteiger partial charge in [0.15, 0.2) is 0 Å². The van der Waals surface area contributed by atoms with Crippen LogP contribution in [0.1, 0.15) is 51.0 Å². The van der Waals surface area contributed by atoms with Crippen LogP contribution >= 0.6 is 0 Å². The lowest BCUT2D eigenvalue weighted by atomic mass is 9.55. The van der Waals surface area contributed by atoms with Gasteiger partial charge in [-0.3, -0.25) is 0 Å². The summed E-state index contributed by atoms with van der Waals surface area (Å²) in [6, 6.07) is 8.71. The molecule has 0 radical (unpaired) electrons. The highest BCUT2D eigenvalue weighted by atomic mass is 16.5. The van der Waals surface area contributed by atoms with Crippen LogP contribution in [0.2, 0.25) is 0 Å². The molecule has 0 spiro atoms. The minimum atomic E-state index is 0.152. The summed E-state index contributed by atoms with van der Waals surface area (Å²) in [5.74, 6) is 1.01. The van der Waals surface area contributed by atoms with Crippen LogP contribution in [0.25, 0.3) is 0 Å². The average molecular weight is 245 g/mol. The maximum absolute atomic E-state index is 6.39. The van der Waals surface area contributed by atoms with Crippen LogP contribution in [0.4, 0.5) is 0 Å². The largest absolute Gasteiger partial charge is 0.494 e. The van der Waals surface area contributed by atoms with E-state index in [9.17, 15) is 0 Å². The molecule has 2 bridgehead atoms. The molecule has 0 unspecified atom stereocenters. The smallest absolute Gasteiger partial charge is 0.119 e. The summed E-state index contributed by atoms with van der Waals surface area (Å²) in [5, 5.41) is 0. The summed E-state index contributed by atoms with van der Waals surface area (Å²) in [7, 11) is 0. The first-order chi connectivity index (χ1) is 8.66. The molecule has 0 aliphatic heterocycles. The van der Waals surface area contributed by atoms with Crippen LogP contribution in [0.3, 0.4) is 0 Å². The second-order valence-corrected chi connectivity index (χ2v) is 6.10. The lowest BCUT2D eigenvalue weighted by Crippen LogP contribution is -2.53. The quantitative estimate of drug-likeness (QED) is 0.886. The van der Waals surface area contributed by atoms with E-state index in [2.05, 4.69) is 24.3 Å². The van der Waals surface area contributed by atoms with E-state index in [4.69, 9.17) is 10.5 Å². The van der Waals surface area contributed by atoms with E-state index < -0.39 is 0 Å². The van der Waals surface area contributed by atoms with Gasteiger partial charge >= 0.3 is 0 Å². The van der Waals surface area contributed by atoms with Crippen LogP contribution in [-0.2, 0) is 5.41 Å². The molecule has 3 aliphatic rings. The van der Waals surface area contributed by atoms with Crippen molar-refractivity contribution in [2.75, 3.05) is 6.61 Å². The molecule has 2 nitrogen and oxygen atoms in total. The van der Waals surface area contributed by atoms with Gasteiger partial charge < -0.3 is 10.5 Å². The molecule has 2 N–H and O–H groups in total. The number of hydrogen-bond acceptors (Lipinski definition) is 2. The predicted octanol–water partition coefficient (Wildman–Crippen LogP) is 3.39. The predicted molar refractivity (Wildman–Crippen MR) is 73.9 cm³/mol. The molecule has 0 amide bonds. The van der Waals surface area contributed by atoms with Gasteiger partial charge in [-0.2, -0.15) is 0 Å². The minimum Gasteiger partial charge on any atom is -0.494 e. The summed E-state index contributed by atoms with van der Waals surface area (Å²) in [6.07, 6.45) is 7.31. The van der Waals surface area contributed by atoms with Gasteiger partial charge in [0, 0.05) is 5.54 Å². The van der Waals surface area contributed by atoms with Crippen molar-refractivity contribution in [3.05, 3.63) is 29.8 Å². The monoisotopic (exact) mass is 245 g/mol. The average Bonchev–Trinajstić information content (AvgIpc) is 2.41. The fraction of sp³-hybridized carbons (Fsp3) is 0.625. The molecule has 4 rings (SSSR count). The molecule has 0 heterocycles. The van der Waals surface area contributed by atoms with Crippen molar-refractivity contribution >= 4 is 0 Å². The normalized spacial score (nSPS) is 34.6. The topological polar surface area (TPSA) is 35.2 Å². The number of rotatable bonds is 3. The Kier molecular flexibility index (Phi) is 2.86. The molecule has 1 aromatic rings. The van der Waals surface area contributed by atoms with Gasteiger partial charge in [-0.15, -0.1) is 0 Å². The summed E-state index contributed by atoms with van der Waals surface area (Å²) in [6.45, 7) is 2.78. The zero-order valence-electron chi connectivity index (χ0n) is 11.2. The molecule has 18 heavy (non-hydrogen) atoms. The second kappa shape index (κ2) is 4.27. The Morgan fingerprint density at radius 3 is 2.39 bits per heavy atom. The number of hydrogen-bond donors (Lipinski definition) is 1. The van der Waals surface area contributed by atoms with Crippen molar-refractivity contribution < 1.29 is 4.74 Å². The van der Waals surface area contributed by atoms with E-state index in [1.165, 1.54) is 44.1 Å². The molecule has 3 saturated carbocycles. The standard InChI is InChI=1S/C16H23NO/c1-2-18-14-5-3-4-13(12-14)15-6-9-16(17,10-7-15)11-8-15/h3-5,12H,2,6-11,17H2,1H3. The fourth-order valence-corrected chi connectivity index (χ4v) is 3.73. The highest BCUT2D eigenvalue weighted by Crippen LogP contribution is 2.52. The third kappa shape index (κ3) is 1.93. The van der Waals surface area contributed by atoms with Gasteiger partial charge in [0.05, 0.1) is 6.61 Å². The lowest BCUT2D eigenvalue weighted by molar-refractivity contribution is 0.107. The first-order valence-electron chi connectivity index (χ1n) is 7.18. The summed E-state index contributed by atoms with van der Waals surface area (Å²) >= 11 is 0. The van der Waals surface area contributed by atoms with E-state index in [0.717, 1.165) is 12.4 Å². The van der Waals surface area contributed by atoms with Crippen molar-refractivity contribution in [3.63, 3.8) is 0 Å². The summed E-state index contributed by atoms with van der Waals surface area (Å²) in [4.78, 5) is 0. The Balaban J connectivity index is 1.88. The van der Waals surface area contributed by atoms with Gasteiger partial charge in [-0.1, -0.05) is 12.1 Å². The summed E-state index contributed by atoms with van der Waals surface area (Å²) in [5.41, 5.74) is 8.39. The van der Waals surface area contributed by atoms with Gasteiger partial charge in [0.2, 0.25) is 0 Å². The SMILES string of the molecule is CCOc1cccc(C23CCC(N)(CC2)CC3)c1. The number of fused-ring (bicyclic) bond motifs is 3. The molecule has 3 fully saturated rings. The molecule has 0 saturated heterocycles. The van der Waals surface area contributed by atoms with Crippen molar-refractivity contribution in [2.24, 2.45) is 5.73 Å². The third-order valence-electron chi connectivity index (χ3n) is 5.06. The first kappa shape index (κ1) is 12.0. The van der Waals surface area contributed by atoms with Gasteiger partial charge in [-0.05, 0) is 68.6 Å². The molecule has 98 valence electrons. The summed E-state index contributed by atoms with van der Waals surface area (Å²) < 4.78 is 5.63. The Labute approximate surface area is 110 Å². The van der Waals surface area contributed by atoms with Crippen molar-refractivity contribution in [1.82, 2.24) is 0 Å². The van der Waals surface area contributed by atoms with Crippen molar-refractivity contribution in [1.29, 1.82) is 0 Å². The van der Waals surface area contributed by atoms with E-state index in [1.54, 1.807) is 0 Å². The fourth-order valence-electron chi connectivity index (χ4n) is 3.73. The van der Waals surface area contributed by atoms with Crippen molar-refractivity contribution in [3.8, 4) is 5.75 Å². The molecular formula is C16H23NO. The van der Waals surface area contributed by atoms with Gasteiger partial charge in [0.1, 0.15) is 5.75 Å². The minimum absolute atomic E-state index is 0.152. The van der Waals surface area contributed by atoms with Crippen LogP contribution in [0.15, 0.2) is 24.3 Å². The molecule has 3 aliphatic carbocycles. The van der Waals surface area contributed by atoms with Crippen LogP contribution in [0.5, 0.6) is 5.75 Å². The van der Waals surface area contributed by atoms with E-state index >= 15 is 0 Å². The first-order valence-corrected chi connectivity index (χ1v) is 7.18. The molecule has 0 aromatic heterocycles. The third-order valence-corrected chi connectivity index (χ3v) is 5.06. The number of ether oxygens (including phenoxy) is 1. The lowest BCUT2D eigenvalue weighted by Gasteiger charge is -2.52. The molecule has 0 atom stereocenters. The van der Waals surface area contributed by atoms with Gasteiger partial charge in [-0.25, -0.2) is 0 Å². The van der Waals surface area contributed by atoms with E-state index in [-0.39, 0.29) is 5.54 Å². The number of benzene rings is 1. The zero-order valence-corrected chi connectivity index (χ0v) is 11.2. The highest BCUT2D eigenvalue weighted by Gasteiger charge is 2.47. The maximum Gasteiger partial charge on any atom is 0.119 e. The van der Waals surface area contributed by atoms with Crippen LogP contribution in [-0.4, -0.2) is 12.1 Å². The maximum atomic E-state index is 6.39. The molecule has 2 heteroatoms. The van der Waals surface area contributed by atoms with Crippen LogP contribution in [0, 0.1) is 0 Å². The second-order valence-electron chi connectivity index (χ2n) is 6.10. The zero-order chi connectivity index (χ0) is 12.6. The Hall–Kier alpha value is -1.02. The Morgan fingerprint density at radius 2 is 1.78 bits per heavy atom. The Morgan fingerprint density at radius 1 is 1.11 bits per heavy atom. The van der Waals surface area contributed by atoms with E-state index in [0.29, 0.717) is 5.41 Å². The van der Waals surface area contributed by atoms with Crippen molar-refractivity contribution in [2.45, 2.75) is 56.4 Å². The highest BCUT2D eigenvalue weighted by molar-refractivity contribution is 5.35. The van der Waals surface area contributed by atoms with Crippen LogP contribution < -0.4 is 10.5 Å². The Bertz CT molecular complexity index is 416.